The number of ether oxygens (including phenoxy) is 2. The Bertz CT molecular complexity index is 474. The molecule has 0 radical (unpaired) electrons. The summed E-state index contributed by atoms with van der Waals surface area (Å²) in [5.74, 6) is -0.317. The molecular weight excluding hydrogens is 270 g/mol. The van der Waals surface area contributed by atoms with Gasteiger partial charge in [-0.3, -0.25) is 4.79 Å². The minimum absolute atomic E-state index is 0.0221. The average molecular weight is 291 g/mol. The Labute approximate surface area is 124 Å². The zero-order valence-corrected chi connectivity index (χ0v) is 12.2. The number of nitrogens with one attached hydrogen (secondary N) is 1. The molecule has 0 aliphatic heterocycles. The Balaban J connectivity index is 1.76. The summed E-state index contributed by atoms with van der Waals surface area (Å²) in [5.41, 5.74) is 0.948. The summed E-state index contributed by atoms with van der Waals surface area (Å²) in [5, 5.41) is 2.83. The van der Waals surface area contributed by atoms with E-state index in [1.807, 2.05) is 30.3 Å². The van der Waals surface area contributed by atoms with Crippen molar-refractivity contribution < 1.29 is 19.1 Å². The molecule has 0 bridgehead atoms. The van der Waals surface area contributed by atoms with Crippen LogP contribution in [0.5, 0.6) is 0 Å². The minimum atomic E-state index is -0.436. The number of benzene rings is 1. The van der Waals surface area contributed by atoms with E-state index < -0.39 is 6.09 Å². The first-order chi connectivity index (χ1) is 10.2. The molecular formula is C16H21NO4. The maximum absolute atomic E-state index is 11.8. The fraction of sp³-hybridized carbons (Fsp3) is 0.500. The highest BCUT2D eigenvalue weighted by Gasteiger charge is 2.28. The molecule has 0 heterocycles. The van der Waals surface area contributed by atoms with Gasteiger partial charge in [-0.2, -0.15) is 0 Å². The van der Waals surface area contributed by atoms with E-state index in [2.05, 4.69) is 5.32 Å². The number of rotatable bonds is 4. The first-order valence-corrected chi connectivity index (χ1v) is 7.24. The molecule has 1 aromatic rings. The highest BCUT2D eigenvalue weighted by molar-refractivity contribution is 5.73. The van der Waals surface area contributed by atoms with Crippen LogP contribution in [0.15, 0.2) is 30.3 Å². The number of carbonyl (C=O) groups is 2. The molecule has 1 amide bonds. The highest BCUT2D eigenvalue weighted by Crippen LogP contribution is 2.25. The molecule has 5 nitrogen and oxygen atoms in total. The van der Waals surface area contributed by atoms with Gasteiger partial charge in [-0.1, -0.05) is 36.8 Å². The van der Waals surface area contributed by atoms with Crippen LogP contribution in [0.25, 0.3) is 0 Å². The molecule has 0 unspecified atom stereocenters. The van der Waals surface area contributed by atoms with Crippen molar-refractivity contribution in [1.82, 2.24) is 5.32 Å². The predicted molar refractivity (Wildman–Crippen MR) is 77.5 cm³/mol. The van der Waals surface area contributed by atoms with Gasteiger partial charge in [0.15, 0.2) is 0 Å². The fourth-order valence-corrected chi connectivity index (χ4v) is 2.63. The lowest BCUT2D eigenvalue weighted by Crippen LogP contribution is -2.40. The second-order valence-electron chi connectivity index (χ2n) is 5.29. The number of alkyl carbamates (subject to hydrolysis) is 1. The van der Waals surface area contributed by atoms with E-state index >= 15 is 0 Å². The molecule has 1 N–H and O–H groups in total. The first kappa shape index (κ1) is 15.4. The van der Waals surface area contributed by atoms with Crippen LogP contribution in [0.4, 0.5) is 4.79 Å². The quantitative estimate of drug-likeness (QED) is 0.866. The minimum Gasteiger partial charge on any atom is -0.469 e. The molecule has 5 heteroatoms. The standard InChI is InChI=1S/C16H21NO4/c1-20-15(18)13-8-5-9-14(10-13)17-16(19)21-11-12-6-3-2-4-7-12/h2-4,6-7,13-14H,5,8-11H2,1H3,(H,17,19)/t13-,14-/m0/s1. The van der Waals surface area contributed by atoms with Crippen LogP contribution in [0.3, 0.4) is 0 Å². The van der Waals surface area contributed by atoms with Gasteiger partial charge in [0.25, 0.3) is 0 Å². The Morgan fingerprint density at radius 2 is 2.00 bits per heavy atom. The summed E-state index contributed by atoms with van der Waals surface area (Å²) >= 11 is 0. The van der Waals surface area contributed by atoms with Crippen molar-refractivity contribution in [2.45, 2.75) is 38.3 Å². The third kappa shape index (κ3) is 4.77. The van der Waals surface area contributed by atoms with E-state index in [4.69, 9.17) is 9.47 Å². The molecule has 114 valence electrons. The molecule has 1 aromatic carbocycles. The lowest BCUT2D eigenvalue weighted by molar-refractivity contribution is -0.146. The molecule has 21 heavy (non-hydrogen) atoms. The Morgan fingerprint density at radius 3 is 2.71 bits per heavy atom. The van der Waals surface area contributed by atoms with E-state index in [0.29, 0.717) is 6.42 Å². The van der Waals surface area contributed by atoms with Gasteiger partial charge in [0.1, 0.15) is 6.61 Å². The van der Waals surface area contributed by atoms with Crippen LogP contribution in [-0.4, -0.2) is 25.2 Å². The third-order valence-corrected chi connectivity index (χ3v) is 3.74. The van der Waals surface area contributed by atoms with Crippen molar-refractivity contribution in [1.29, 1.82) is 0 Å². The van der Waals surface area contributed by atoms with Crippen molar-refractivity contribution in [2.24, 2.45) is 5.92 Å². The summed E-state index contributed by atoms with van der Waals surface area (Å²) in [6.07, 6.45) is 2.78. The van der Waals surface area contributed by atoms with Gasteiger partial charge in [-0.15, -0.1) is 0 Å². The molecule has 0 saturated heterocycles. The van der Waals surface area contributed by atoms with Crippen LogP contribution in [0.2, 0.25) is 0 Å². The summed E-state index contributed by atoms with van der Waals surface area (Å²) in [4.78, 5) is 23.3. The third-order valence-electron chi connectivity index (χ3n) is 3.74. The smallest absolute Gasteiger partial charge is 0.407 e. The molecule has 0 spiro atoms. The highest BCUT2D eigenvalue weighted by atomic mass is 16.5. The van der Waals surface area contributed by atoms with Gasteiger partial charge in [0.2, 0.25) is 0 Å². The zero-order valence-electron chi connectivity index (χ0n) is 12.2. The van der Waals surface area contributed by atoms with Crippen molar-refractivity contribution in [3.8, 4) is 0 Å². The van der Waals surface area contributed by atoms with Crippen molar-refractivity contribution >= 4 is 12.1 Å². The molecule has 1 aliphatic carbocycles. The summed E-state index contributed by atoms with van der Waals surface area (Å²) < 4.78 is 9.95. The second kappa shape index (κ2) is 7.67. The average Bonchev–Trinajstić information content (AvgIpc) is 2.53. The summed E-state index contributed by atoms with van der Waals surface area (Å²) in [6, 6.07) is 9.50. The zero-order chi connectivity index (χ0) is 15.1. The van der Waals surface area contributed by atoms with Gasteiger partial charge in [0.05, 0.1) is 13.0 Å². The number of hydrogen-bond acceptors (Lipinski definition) is 4. The van der Waals surface area contributed by atoms with Crippen LogP contribution in [-0.2, 0) is 20.9 Å². The summed E-state index contributed by atoms with van der Waals surface area (Å²) in [7, 11) is 1.40. The second-order valence-corrected chi connectivity index (χ2v) is 5.29. The molecule has 0 aromatic heterocycles. The molecule has 2 atom stereocenters. The normalized spacial score (nSPS) is 21.4. The Morgan fingerprint density at radius 1 is 1.24 bits per heavy atom. The molecule has 2 rings (SSSR count). The monoisotopic (exact) mass is 291 g/mol. The van der Waals surface area contributed by atoms with Crippen molar-refractivity contribution in [3.63, 3.8) is 0 Å². The maximum atomic E-state index is 11.8. The van der Waals surface area contributed by atoms with E-state index in [1.165, 1.54) is 7.11 Å². The lowest BCUT2D eigenvalue weighted by Gasteiger charge is -2.27. The predicted octanol–water partition coefficient (Wildman–Crippen LogP) is 2.64. The van der Waals surface area contributed by atoms with E-state index in [9.17, 15) is 9.59 Å². The number of esters is 1. The SMILES string of the molecule is COC(=O)[C@H]1CCC[C@H](NC(=O)OCc2ccccc2)C1. The first-order valence-electron chi connectivity index (χ1n) is 7.24. The van der Waals surface area contributed by atoms with E-state index in [0.717, 1.165) is 24.8 Å². The van der Waals surface area contributed by atoms with Crippen LogP contribution in [0, 0.1) is 5.92 Å². The number of carbonyl (C=O) groups excluding carboxylic acids is 2. The maximum Gasteiger partial charge on any atom is 0.407 e. The number of hydrogen-bond donors (Lipinski definition) is 1. The van der Waals surface area contributed by atoms with Gasteiger partial charge < -0.3 is 14.8 Å². The van der Waals surface area contributed by atoms with Gasteiger partial charge >= 0.3 is 12.1 Å². The molecule has 1 aliphatic rings. The number of amides is 1. The van der Waals surface area contributed by atoms with Crippen LogP contribution in [0.1, 0.15) is 31.2 Å². The van der Waals surface area contributed by atoms with E-state index in [-0.39, 0.29) is 24.5 Å². The van der Waals surface area contributed by atoms with Crippen LogP contribution >= 0.6 is 0 Å². The van der Waals surface area contributed by atoms with Crippen LogP contribution < -0.4 is 5.32 Å². The molecule has 1 saturated carbocycles. The largest absolute Gasteiger partial charge is 0.469 e. The van der Waals surface area contributed by atoms with E-state index in [1.54, 1.807) is 0 Å². The lowest BCUT2D eigenvalue weighted by atomic mass is 9.86. The van der Waals surface area contributed by atoms with Crippen molar-refractivity contribution in [2.75, 3.05) is 7.11 Å². The van der Waals surface area contributed by atoms with Crippen molar-refractivity contribution in [3.05, 3.63) is 35.9 Å². The molecule has 1 fully saturated rings. The number of methoxy groups -OCH3 is 1. The topological polar surface area (TPSA) is 64.6 Å². The van der Waals surface area contributed by atoms with Gasteiger partial charge in [-0.25, -0.2) is 4.79 Å². The summed E-state index contributed by atoms with van der Waals surface area (Å²) in [6.45, 7) is 0.250. The Kier molecular flexibility index (Phi) is 5.60. The fourth-order valence-electron chi connectivity index (χ4n) is 2.63. The van der Waals surface area contributed by atoms with Gasteiger partial charge in [-0.05, 0) is 24.8 Å². The Hall–Kier alpha value is -2.04. The van der Waals surface area contributed by atoms with Gasteiger partial charge in [0, 0.05) is 6.04 Å².